The number of aryl methyl sites for hydroxylation is 1. The van der Waals surface area contributed by atoms with Gasteiger partial charge in [-0.05, 0) is 48.4 Å². The summed E-state index contributed by atoms with van der Waals surface area (Å²) in [7, 11) is 1.49. The Morgan fingerprint density at radius 3 is 2.52 bits per heavy atom. The summed E-state index contributed by atoms with van der Waals surface area (Å²) in [6.07, 6.45) is 0. The normalized spacial score (nSPS) is 13.8. The predicted molar refractivity (Wildman–Crippen MR) is 152 cm³/mol. The summed E-state index contributed by atoms with van der Waals surface area (Å²) in [4.78, 5) is 12.5. The van der Waals surface area contributed by atoms with Gasteiger partial charge in [-0.25, -0.2) is 9.18 Å². The number of nitriles is 1. The van der Waals surface area contributed by atoms with Crippen LogP contribution in [0.4, 0.5) is 4.39 Å². The van der Waals surface area contributed by atoms with Crippen LogP contribution in [0.25, 0.3) is 0 Å². The molecular formula is C33H27FN2O6. The number of nitrogens with zero attached hydrogens (tertiary/aromatic N) is 1. The van der Waals surface area contributed by atoms with Crippen LogP contribution >= 0.6 is 0 Å². The van der Waals surface area contributed by atoms with Crippen molar-refractivity contribution in [3.63, 3.8) is 0 Å². The quantitative estimate of drug-likeness (QED) is 0.196. The van der Waals surface area contributed by atoms with Gasteiger partial charge in [0.05, 0.1) is 13.0 Å². The molecule has 0 aliphatic carbocycles. The number of ether oxygens (including phenoxy) is 5. The van der Waals surface area contributed by atoms with Gasteiger partial charge < -0.3 is 29.4 Å². The number of nitrogens with two attached hydrogens (primary N) is 1. The van der Waals surface area contributed by atoms with Crippen molar-refractivity contribution in [3.8, 4) is 34.8 Å². The first-order chi connectivity index (χ1) is 20.4. The molecule has 1 atom stereocenters. The lowest BCUT2D eigenvalue weighted by Crippen LogP contribution is -2.22. The van der Waals surface area contributed by atoms with E-state index >= 15 is 0 Å². The van der Waals surface area contributed by atoms with Crippen LogP contribution in [0.1, 0.15) is 28.2 Å². The van der Waals surface area contributed by atoms with Gasteiger partial charge in [0.2, 0.25) is 5.88 Å². The minimum atomic E-state index is -0.595. The second-order valence-corrected chi connectivity index (χ2v) is 9.44. The molecule has 1 aliphatic heterocycles. The zero-order valence-electron chi connectivity index (χ0n) is 22.9. The number of allylic oxidation sites excluding steroid dienone is 1. The molecule has 1 unspecified atom stereocenters. The molecule has 212 valence electrons. The van der Waals surface area contributed by atoms with Gasteiger partial charge in [0, 0.05) is 17.2 Å². The average molecular weight is 567 g/mol. The molecule has 9 heteroatoms. The van der Waals surface area contributed by atoms with Crippen molar-refractivity contribution < 1.29 is 32.9 Å². The summed E-state index contributed by atoms with van der Waals surface area (Å²) in [5, 5.41) is 9.94. The average Bonchev–Trinajstić information content (AvgIpc) is 2.99. The maximum atomic E-state index is 14.1. The molecule has 0 saturated carbocycles. The van der Waals surface area contributed by atoms with Crippen molar-refractivity contribution in [2.75, 3.05) is 13.7 Å². The van der Waals surface area contributed by atoms with E-state index in [4.69, 9.17) is 29.4 Å². The lowest BCUT2D eigenvalue weighted by molar-refractivity contribution is -0.136. The molecule has 4 aromatic rings. The van der Waals surface area contributed by atoms with Crippen LogP contribution < -0.4 is 29.4 Å². The summed E-state index contributed by atoms with van der Waals surface area (Å²) in [6.45, 7) is 1.61. The van der Waals surface area contributed by atoms with Crippen molar-refractivity contribution in [2.24, 2.45) is 5.73 Å². The number of halogens is 1. The Balaban J connectivity index is 1.37. The third kappa shape index (κ3) is 5.98. The van der Waals surface area contributed by atoms with Crippen molar-refractivity contribution in [1.82, 2.24) is 0 Å². The van der Waals surface area contributed by atoms with E-state index in [1.807, 2.05) is 25.1 Å². The van der Waals surface area contributed by atoms with Crippen molar-refractivity contribution in [3.05, 3.63) is 124 Å². The topological polar surface area (TPSA) is 113 Å². The highest BCUT2D eigenvalue weighted by Gasteiger charge is 2.32. The molecule has 4 aromatic carbocycles. The molecule has 1 heterocycles. The highest BCUT2D eigenvalue weighted by molar-refractivity contribution is 5.74. The third-order valence-corrected chi connectivity index (χ3v) is 6.72. The van der Waals surface area contributed by atoms with Gasteiger partial charge in [0.25, 0.3) is 0 Å². The number of rotatable bonds is 9. The van der Waals surface area contributed by atoms with E-state index in [1.165, 1.54) is 19.2 Å². The predicted octanol–water partition coefficient (Wildman–Crippen LogP) is 5.92. The molecule has 2 N–H and O–H groups in total. The minimum absolute atomic E-state index is 0.0102. The van der Waals surface area contributed by atoms with Gasteiger partial charge in [-0.1, -0.05) is 48.5 Å². The Hall–Kier alpha value is -5.49. The van der Waals surface area contributed by atoms with Crippen LogP contribution in [0.2, 0.25) is 0 Å². The fourth-order valence-corrected chi connectivity index (χ4v) is 4.61. The number of hydrogen-bond acceptors (Lipinski definition) is 8. The van der Waals surface area contributed by atoms with Gasteiger partial charge in [0.15, 0.2) is 18.1 Å². The number of para-hydroxylation sites is 1. The number of fused-ring (bicyclic) bond motifs is 1. The number of hydrogen-bond donors (Lipinski definition) is 1. The molecule has 5 rings (SSSR count). The number of benzene rings is 4. The summed E-state index contributed by atoms with van der Waals surface area (Å²) >= 11 is 0. The van der Waals surface area contributed by atoms with Gasteiger partial charge in [0.1, 0.15) is 41.3 Å². The van der Waals surface area contributed by atoms with Gasteiger partial charge in [-0.15, -0.1) is 0 Å². The van der Waals surface area contributed by atoms with Gasteiger partial charge in [-0.3, -0.25) is 0 Å². The van der Waals surface area contributed by atoms with E-state index in [9.17, 15) is 14.4 Å². The van der Waals surface area contributed by atoms with Gasteiger partial charge in [-0.2, -0.15) is 5.26 Å². The number of carbonyl (C=O) groups is 1. The Labute approximate surface area is 242 Å². The molecule has 0 fully saturated rings. The van der Waals surface area contributed by atoms with Crippen LogP contribution in [0.3, 0.4) is 0 Å². The number of carbonyl (C=O) groups excluding carboxylic acids is 1. The van der Waals surface area contributed by atoms with E-state index in [0.29, 0.717) is 39.7 Å². The summed E-state index contributed by atoms with van der Waals surface area (Å²) in [5.41, 5.74) is 8.99. The Bertz CT molecular complexity index is 1710. The zero-order chi connectivity index (χ0) is 29.6. The monoisotopic (exact) mass is 566 g/mol. The molecule has 0 radical (unpaired) electrons. The Kier molecular flexibility index (Phi) is 8.25. The fraction of sp³-hybridized carbons (Fsp3) is 0.152. The van der Waals surface area contributed by atoms with Crippen molar-refractivity contribution in [1.29, 1.82) is 5.26 Å². The van der Waals surface area contributed by atoms with Gasteiger partial charge >= 0.3 is 5.97 Å². The van der Waals surface area contributed by atoms with E-state index in [1.54, 1.807) is 54.6 Å². The second-order valence-electron chi connectivity index (χ2n) is 9.44. The van der Waals surface area contributed by atoms with Crippen molar-refractivity contribution in [2.45, 2.75) is 19.4 Å². The highest BCUT2D eigenvalue weighted by Crippen LogP contribution is 2.45. The first kappa shape index (κ1) is 28.1. The number of esters is 1. The Morgan fingerprint density at radius 2 is 1.76 bits per heavy atom. The molecule has 0 spiro atoms. The second kappa shape index (κ2) is 12.4. The number of methoxy groups -OCH3 is 1. The van der Waals surface area contributed by atoms with E-state index in [0.717, 1.165) is 5.56 Å². The first-order valence-electron chi connectivity index (χ1n) is 13.0. The molecule has 0 aromatic heterocycles. The van der Waals surface area contributed by atoms with E-state index in [2.05, 4.69) is 6.07 Å². The summed E-state index contributed by atoms with van der Waals surface area (Å²) < 4.78 is 42.2. The Morgan fingerprint density at radius 1 is 0.976 bits per heavy atom. The molecular weight excluding hydrogens is 539 g/mol. The molecule has 0 bridgehead atoms. The van der Waals surface area contributed by atoms with Crippen molar-refractivity contribution >= 4 is 5.97 Å². The summed E-state index contributed by atoms with van der Waals surface area (Å²) in [6, 6.07) is 25.9. The van der Waals surface area contributed by atoms with Crippen LogP contribution in [-0.4, -0.2) is 19.7 Å². The minimum Gasteiger partial charge on any atom is -0.493 e. The maximum absolute atomic E-state index is 14.1. The highest BCUT2D eigenvalue weighted by atomic mass is 19.1. The standard InChI is InChI=1S/C33H27FN2O6/c1-20-7-3-6-10-27(20)40-19-31(37)41-23-12-13-24-29(16-23)42-33(36)25(17-35)32(24)21-11-14-28(30(15-21)38-2)39-18-22-8-4-5-9-26(22)34/h3-16,32H,18-19,36H2,1-2H3. The smallest absolute Gasteiger partial charge is 0.349 e. The van der Waals surface area contributed by atoms with E-state index in [-0.39, 0.29) is 36.2 Å². The first-order valence-corrected chi connectivity index (χ1v) is 13.0. The molecule has 42 heavy (non-hydrogen) atoms. The molecule has 1 aliphatic rings. The summed E-state index contributed by atoms with van der Waals surface area (Å²) in [5.74, 6) is 0.329. The van der Waals surface area contributed by atoms with Crippen LogP contribution in [0.5, 0.6) is 28.7 Å². The lowest BCUT2D eigenvalue weighted by atomic mass is 9.83. The van der Waals surface area contributed by atoms with Crippen LogP contribution in [-0.2, 0) is 11.4 Å². The van der Waals surface area contributed by atoms with E-state index < -0.39 is 11.9 Å². The maximum Gasteiger partial charge on any atom is 0.349 e. The zero-order valence-corrected chi connectivity index (χ0v) is 22.9. The molecule has 8 nitrogen and oxygen atoms in total. The third-order valence-electron chi connectivity index (χ3n) is 6.72. The largest absolute Gasteiger partial charge is 0.493 e. The molecule has 0 saturated heterocycles. The lowest BCUT2D eigenvalue weighted by Gasteiger charge is -2.27. The molecule has 0 amide bonds. The van der Waals surface area contributed by atoms with Crippen LogP contribution in [0, 0.1) is 24.1 Å². The fourth-order valence-electron chi connectivity index (χ4n) is 4.61. The van der Waals surface area contributed by atoms with Crippen LogP contribution in [0.15, 0.2) is 96.4 Å². The SMILES string of the molecule is COc1cc(C2C(C#N)=C(N)Oc3cc(OC(=O)COc4ccccc4C)ccc32)ccc1OCc1ccccc1F.